The average molecular weight is 363 g/mol. The Morgan fingerprint density at radius 1 is 1.08 bits per heavy atom. The summed E-state index contributed by atoms with van der Waals surface area (Å²) in [5, 5.41) is 11.1. The molecule has 0 amide bonds. The molecule has 0 unspecified atom stereocenters. The Balaban J connectivity index is 1.82. The van der Waals surface area contributed by atoms with Gasteiger partial charge in [-0.15, -0.1) is 10.1 Å². The summed E-state index contributed by atoms with van der Waals surface area (Å²) < 4.78 is 15.5. The van der Waals surface area contributed by atoms with Crippen LogP contribution in [0, 0.1) is 10.1 Å². The number of fused-ring (bicyclic) bond motifs is 1. The highest BCUT2D eigenvalue weighted by atomic mass is 17.0. The van der Waals surface area contributed by atoms with Gasteiger partial charge in [0.1, 0.15) is 19.0 Å². The second-order valence-corrected chi connectivity index (χ2v) is 5.53. The van der Waals surface area contributed by atoms with Crippen LogP contribution in [0.4, 0.5) is 0 Å². The Labute approximate surface area is 150 Å². The van der Waals surface area contributed by atoms with Crippen molar-refractivity contribution < 1.29 is 28.9 Å². The fraction of sp³-hybridized carbons (Fsp3) is 0.389. The van der Waals surface area contributed by atoms with Crippen molar-refractivity contribution in [3.05, 3.63) is 52.1 Å². The van der Waals surface area contributed by atoms with Gasteiger partial charge in [-0.2, -0.15) is 0 Å². The quantitative estimate of drug-likeness (QED) is 0.277. The summed E-state index contributed by atoms with van der Waals surface area (Å²) in [6.07, 6.45) is 0. The molecule has 26 heavy (non-hydrogen) atoms. The Morgan fingerprint density at radius 2 is 1.77 bits per heavy atom. The van der Waals surface area contributed by atoms with Gasteiger partial charge in [-0.3, -0.25) is 4.79 Å². The van der Waals surface area contributed by atoms with Crippen LogP contribution in [0.1, 0.15) is 18.4 Å². The van der Waals surface area contributed by atoms with Crippen molar-refractivity contribution in [2.24, 2.45) is 0 Å². The molecule has 8 nitrogen and oxygen atoms in total. The van der Waals surface area contributed by atoms with Gasteiger partial charge in [-0.1, -0.05) is 24.3 Å². The van der Waals surface area contributed by atoms with Crippen LogP contribution in [0.5, 0.6) is 5.75 Å². The molecule has 0 aliphatic carbocycles. The van der Waals surface area contributed by atoms with E-state index in [0.29, 0.717) is 0 Å². The molecular weight excluding hydrogens is 342 g/mol. The average Bonchev–Trinajstić information content (AvgIpc) is 2.65. The number of ether oxygens (including phenoxy) is 3. The van der Waals surface area contributed by atoms with Gasteiger partial charge in [0.05, 0.1) is 26.2 Å². The van der Waals surface area contributed by atoms with Crippen LogP contribution >= 0.6 is 0 Å². The SMILES string of the molecule is COc1ccc2cc([C@H](C)C(=O)OCCOCCO[N+](=O)[O-])ccc2c1. The van der Waals surface area contributed by atoms with Crippen molar-refractivity contribution in [1.82, 2.24) is 0 Å². The van der Waals surface area contributed by atoms with Crippen molar-refractivity contribution in [2.75, 3.05) is 33.5 Å². The summed E-state index contributed by atoms with van der Waals surface area (Å²) in [6.45, 7) is 1.91. The maximum absolute atomic E-state index is 12.1. The Kier molecular flexibility index (Phi) is 7.16. The van der Waals surface area contributed by atoms with Gasteiger partial charge >= 0.3 is 5.97 Å². The normalized spacial score (nSPS) is 11.8. The summed E-state index contributed by atoms with van der Waals surface area (Å²) in [5.74, 6) is 0.00337. The number of rotatable bonds is 10. The molecule has 0 aliphatic heterocycles. The van der Waals surface area contributed by atoms with Gasteiger partial charge in [0, 0.05) is 0 Å². The van der Waals surface area contributed by atoms with E-state index in [9.17, 15) is 14.9 Å². The van der Waals surface area contributed by atoms with E-state index in [-0.39, 0.29) is 32.4 Å². The van der Waals surface area contributed by atoms with Crippen LogP contribution in [0.25, 0.3) is 10.8 Å². The van der Waals surface area contributed by atoms with E-state index in [1.54, 1.807) is 14.0 Å². The maximum atomic E-state index is 12.1. The molecule has 0 bridgehead atoms. The Hall–Kier alpha value is -2.87. The fourth-order valence-electron chi connectivity index (χ4n) is 2.37. The summed E-state index contributed by atoms with van der Waals surface area (Å²) in [6, 6.07) is 11.5. The summed E-state index contributed by atoms with van der Waals surface area (Å²) in [7, 11) is 1.62. The number of benzene rings is 2. The van der Waals surface area contributed by atoms with Crippen LogP contribution in [0.3, 0.4) is 0 Å². The van der Waals surface area contributed by atoms with Gasteiger partial charge in [-0.25, -0.2) is 0 Å². The first-order chi connectivity index (χ1) is 12.5. The molecule has 2 aromatic rings. The van der Waals surface area contributed by atoms with E-state index >= 15 is 0 Å². The topological polar surface area (TPSA) is 97.1 Å². The second kappa shape index (κ2) is 9.57. The lowest BCUT2D eigenvalue weighted by molar-refractivity contribution is -0.758. The van der Waals surface area contributed by atoms with Gasteiger partial charge in [0.15, 0.2) is 0 Å². The van der Waals surface area contributed by atoms with Gasteiger partial charge < -0.3 is 19.0 Å². The standard InChI is InChI=1S/C18H21NO7/c1-13(18(20)25-9-7-24-8-10-26-19(21)22)14-3-4-16-12-17(23-2)6-5-15(16)11-14/h3-6,11-13H,7-10H2,1-2H3/t13-/m0/s1. The lowest BCUT2D eigenvalue weighted by Crippen LogP contribution is -2.17. The lowest BCUT2D eigenvalue weighted by Gasteiger charge is -2.13. The molecule has 0 heterocycles. The summed E-state index contributed by atoms with van der Waals surface area (Å²) >= 11 is 0. The third-order valence-corrected chi connectivity index (χ3v) is 3.82. The molecule has 0 spiro atoms. The van der Waals surface area contributed by atoms with E-state index in [1.165, 1.54) is 0 Å². The maximum Gasteiger partial charge on any atom is 0.313 e. The van der Waals surface area contributed by atoms with Crippen LogP contribution < -0.4 is 4.74 Å². The molecule has 8 heteroatoms. The molecule has 1 atom stereocenters. The van der Waals surface area contributed by atoms with Crippen molar-refractivity contribution in [3.63, 3.8) is 0 Å². The van der Waals surface area contributed by atoms with Crippen LogP contribution in [0.2, 0.25) is 0 Å². The molecule has 0 saturated heterocycles. The first-order valence-corrected chi connectivity index (χ1v) is 8.10. The van der Waals surface area contributed by atoms with Crippen LogP contribution in [-0.4, -0.2) is 44.6 Å². The fourth-order valence-corrected chi connectivity index (χ4v) is 2.37. The summed E-state index contributed by atoms with van der Waals surface area (Å²) in [5.41, 5.74) is 0.855. The molecule has 0 N–H and O–H groups in total. The molecule has 0 aliphatic rings. The number of carbonyl (C=O) groups is 1. The zero-order valence-electron chi connectivity index (χ0n) is 14.7. The Morgan fingerprint density at radius 3 is 2.50 bits per heavy atom. The molecular formula is C18H21NO7. The van der Waals surface area contributed by atoms with E-state index in [2.05, 4.69) is 4.84 Å². The van der Waals surface area contributed by atoms with Gasteiger partial charge in [-0.05, 0) is 35.4 Å². The van der Waals surface area contributed by atoms with E-state index in [4.69, 9.17) is 14.2 Å². The zero-order chi connectivity index (χ0) is 18.9. The summed E-state index contributed by atoms with van der Waals surface area (Å²) in [4.78, 5) is 26.2. The molecule has 0 saturated carbocycles. The minimum atomic E-state index is -0.884. The van der Waals surface area contributed by atoms with Gasteiger partial charge in [0.2, 0.25) is 0 Å². The first kappa shape index (κ1) is 19.5. The van der Waals surface area contributed by atoms with Crippen molar-refractivity contribution in [1.29, 1.82) is 0 Å². The highest BCUT2D eigenvalue weighted by molar-refractivity contribution is 5.86. The number of methoxy groups -OCH3 is 1. The number of esters is 1. The molecule has 140 valence electrons. The van der Waals surface area contributed by atoms with Crippen LogP contribution in [0.15, 0.2) is 36.4 Å². The van der Waals surface area contributed by atoms with E-state index < -0.39 is 11.0 Å². The van der Waals surface area contributed by atoms with Crippen molar-refractivity contribution >= 4 is 16.7 Å². The predicted molar refractivity (Wildman–Crippen MR) is 93.6 cm³/mol. The van der Waals surface area contributed by atoms with E-state index in [1.807, 2.05) is 36.4 Å². The molecule has 2 aromatic carbocycles. The van der Waals surface area contributed by atoms with Gasteiger partial charge in [0.25, 0.3) is 5.09 Å². The smallest absolute Gasteiger partial charge is 0.313 e. The third kappa shape index (κ3) is 5.59. The minimum absolute atomic E-state index is 0.0578. The van der Waals surface area contributed by atoms with E-state index in [0.717, 1.165) is 22.1 Å². The van der Waals surface area contributed by atoms with Crippen LogP contribution in [-0.2, 0) is 19.1 Å². The minimum Gasteiger partial charge on any atom is -0.497 e. The van der Waals surface area contributed by atoms with Crippen molar-refractivity contribution in [2.45, 2.75) is 12.8 Å². The zero-order valence-corrected chi connectivity index (χ0v) is 14.7. The second-order valence-electron chi connectivity index (χ2n) is 5.53. The number of nitrogens with zero attached hydrogens (tertiary/aromatic N) is 1. The first-order valence-electron chi connectivity index (χ1n) is 8.10. The third-order valence-electron chi connectivity index (χ3n) is 3.82. The molecule has 2 rings (SSSR count). The highest BCUT2D eigenvalue weighted by Crippen LogP contribution is 2.25. The predicted octanol–water partition coefficient (Wildman–Crippen LogP) is 2.72. The molecule has 0 radical (unpaired) electrons. The highest BCUT2D eigenvalue weighted by Gasteiger charge is 2.17. The largest absolute Gasteiger partial charge is 0.497 e. The molecule has 0 fully saturated rings. The number of hydrogen-bond donors (Lipinski definition) is 0. The van der Waals surface area contributed by atoms with Crippen molar-refractivity contribution in [3.8, 4) is 5.75 Å². The lowest BCUT2D eigenvalue weighted by atomic mass is 9.98. The number of carbonyl (C=O) groups excluding carboxylic acids is 1. The monoisotopic (exact) mass is 363 g/mol. The number of hydrogen-bond acceptors (Lipinski definition) is 7. The Bertz CT molecular complexity index is 762. The molecule has 0 aromatic heterocycles.